The summed E-state index contributed by atoms with van der Waals surface area (Å²) in [6.07, 6.45) is 0.0647. The number of nitrogens with zero attached hydrogens (tertiary/aromatic N) is 1. The van der Waals surface area contributed by atoms with Gasteiger partial charge in [0.25, 0.3) is 0 Å². The number of rotatable bonds is 6. The minimum absolute atomic E-state index is 0.0647. The van der Waals surface area contributed by atoms with Crippen molar-refractivity contribution in [3.8, 4) is 0 Å². The van der Waals surface area contributed by atoms with Gasteiger partial charge in [0, 0.05) is 22.1 Å². The second-order valence-corrected chi connectivity index (χ2v) is 9.76. The van der Waals surface area contributed by atoms with Gasteiger partial charge in [0.2, 0.25) is 11.8 Å². The van der Waals surface area contributed by atoms with Crippen LogP contribution < -0.4 is 5.32 Å². The average molecular weight is 490 g/mol. The predicted octanol–water partition coefficient (Wildman–Crippen LogP) is 6.17. The molecule has 0 aliphatic carbocycles. The first kappa shape index (κ1) is 24.8. The summed E-state index contributed by atoms with van der Waals surface area (Å²) in [5.41, 5.74) is 0.964. The molecule has 1 atom stereocenters. The summed E-state index contributed by atoms with van der Waals surface area (Å²) >= 11 is 24.3. The first-order valence-electron chi connectivity index (χ1n) is 9.36. The van der Waals surface area contributed by atoms with Crippen molar-refractivity contribution in [2.45, 2.75) is 52.2 Å². The van der Waals surface area contributed by atoms with Crippen LogP contribution in [-0.2, 0) is 22.6 Å². The van der Waals surface area contributed by atoms with Gasteiger partial charge in [-0.3, -0.25) is 9.59 Å². The van der Waals surface area contributed by atoms with Crippen LogP contribution in [0.1, 0.15) is 38.8 Å². The van der Waals surface area contributed by atoms with Gasteiger partial charge in [-0.15, -0.1) is 0 Å². The van der Waals surface area contributed by atoms with Crippen molar-refractivity contribution < 1.29 is 9.59 Å². The van der Waals surface area contributed by atoms with Crippen molar-refractivity contribution in [3.63, 3.8) is 0 Å². The third-order valence-electron chi connectivity index (χ3n) is 4.36. The highest BCUT2D eigenvalue weighted by Crippen LogP contribution is 2.25. The molecule has 2 aromatic rings. The lowest BCUT2D eigenvalue weighted by Crippen LogP contribution is -2.52. The van der Waals surface area contributed by atoms with Crippen LogP contribution in [0.5, 0.6) is 0 Å². The second kappa shape index (κ2) is 10.2. The molecule has 0 aromatic heterocycles. The molecule has 0 aliphatic rings. The monoisotopic (exact) mass is 488 g/mol. The number of benzene rings is 2. The Morgan fingerprint density at radius 2 is 1.63 bits per heavy atom. The molecule has 0 heterocycles. The lowest BCUT2D eigenvalue weighted by Gasteiger charge is -2.32. The fourth-order valence-corrected chi connectivity index (χ4v) is 3.60. The number of amides is 2. The lowest BCUT2D eigenvalue weighted by molar-refractivity contribution is -0.140. The Balaban J connectivity index is 2.32. The number of halogens is 4. The van der Waals surface area contributed by atoms with Gasteiger partial charge in [-0.2, -0.15) is 0 Å². The maximum atomic E-state index is 13.2. The van der Waals surface area contributed by atoms with Crippen LogP contribution in [0, 0.1) is 0 Å². The van der Waals surface area contributed by atoms with E-state index in [0.717, 1.165) is 0 Å². The number of hydrogen-bond donors (Lipinski definition) is 1. The summed E-state index contributed by atoms with van der Waals surface area (Å²) in [4.78, 5) is 27.5. The number of carbonyl (C=O) groups is 2. The Morgan fingerprint density at radius 1 is 0.967 bits per heavy atom. The Kier molecular flexibility index (Phi) is 8.46. The predicted molar refractivity (Wildman–Crippen MR) is 125 cm³/mol. The van der Waals surface area contributed by atoms with Crippen molar-refractivity contribution in [2.75, 3.05) is 0 Å². The summed E-state index contributed by atoms with van der Waals surface area (Å²) in [6.45, 7) is 7.51. The van der Waals surface area contributed by atoms with Gasteiger partial charge in [-0.25, -0.2) is 0 Å². The molecule has 1 N–H and O–H groups in total. The molecule has 30 heavy (non-hydrogen) atoms. The van der Waals surface area contributed by atoms with E-state index in [2.05, 4.69) is 5.32 Å². The van der Waals surface area contributed by atoms with Crippen LogP contribution in [0.4, 0.5) is 0 Å². The first-order chi connectivity index (χ1) is 13.9. The van der Waals surface area contributed by atoms with Crippen molar-refractivity contribution >= 4 is 58.2 Å². The molecular formula is C22H24Cl4N2O2. The van der Waals surface area contributed by atoms with E-state index in [1.165, 1.54) is 4.90 Å². The molecule has 0 aliphatic heterocycles. The number of hydrogen-bond acceptors (Lipinski definition) is 2. The summed E-state index contributed by atoms with van der Waals surface area (Å²) in [6, 6.07) is 9.37. The van der Waals surface area contributed by atoms with E-state index in [1.54, 1.807) is 43.3 Å². The van der Waals surface area contributed by atoms with E-state index in [1.807, 2.05) is 20.8 Å². The molecule has 1 unspecified atom stereocenters. The highest BCUT2D eigenvalue weighted by molar-refractivity contribution is 6.42. The summed E-state index contributed by atoms with van der Waals surface area (Å²) in [5, 5.41) is 4.62. The van der Waals surface area contributed by atoms with Crippen LogP contribution >= 0.6 is 46.4 Å². The molecule has 4 nitrogen and oxygen atoms in total. The maximum Gasteiger partial charge on any atom is 0.242 e. The van der Waals surface area contributed by atoms with Crippen molar-refractivity contribution in [2.24, 2.45) is 0 Å². The van der Waals surface area contributed by atoms with E-state index < -0.39 is 11.6 Å². The van der Waals surface area contributed by atoms with E-state index >= 15 is 0 Å². The Labute approximate surface area is 197 Å². The van der Waals surface area contributed by atoms with Crippen LogP contribution in [0.15, 0.2) is 36.4 Å². The topological polar surface area (TPSA) is 49.4 Å². The highest BCUT2D eigenvalue weighted by atomic mass is 35.5. The largest absolute Gasteiger partial charge is 0.350 e. The van der Waals surface area contributed by atoms with Gasteiger partial charge in [0.1, 0.15) is 6.04 Å². The zero-order valence-electron chi connectivity index (χ0n) is 17.2. The fraction of sp³-hybridized carbons (Fsp3) is 0.364. The van der Waals surface area contributed by atoms with E-state index in [0.29, 0.717) is 31.2 Å². The molecular weight excluding hydrogens is 466 g/mol. The van der Waals surface area contributed by atoms with Crippen molar-refractivity contribution in [3.05, 3.63) is 67.6 Å². The molecule has 0 saturated carbocycles. The normalized spacial score (nSPS) is 12.4. The molecule has 0 bridgehead atoms. The molecule has 2 amide bonds. The zero-order chi connectivity index (χ0) is 22.6. The van der Waals surface area contributed by atoms with Gasteiger partial charge >= 0.3 is 0 Å². The Morgan fingerprint density at radius 3 is 2.20 bits per heavy atom. The molecule has 0 fully saturated rings. The van der Waals surface area contributed by atoms with Gasteiger partial charge in [-0.05, 0) is 63.1 Å². The van der Waals surface area contributed by atoms with E-state index in [9.17, 15) is 9.59 Å². The van der Waals surface area contributed by atoms with E-state index in [4.69, 9.17) is 46.4 Å². The van der Waals surface area contributed by atoms with Crippen LogP contribution in [0.2, 0.25) is 20.1 Å². The molecule has 162 valence electrons. The third-order valence-corrected chi connectivity index (χ3v) is 5.69. The van der Waals surface area contributed by atoms with Gasteiger partial charge in [-0.1, -0.05) is 58.5 Å². The van der Waals surface area contributed by atoms with Gasteiger partial charge < -0.3 is 10.2 Å². The number of carbonyl (C=O) groups excluding carboxylic acids is 2. The maximum absolute atomic E-state index is 13.2. The Hall–Kier alpha value is -1.46. The molecule has 0 spiro atoms. The second-order valence-electron chi connectivity index (χ2n) is 8.10. The molecule has 2 aromatic carbocycles. The minimum Gasteiger partial charge on any atom is -0.350 e. The Bertz CT molecular complexity index is 941. The van der Waals surface area contributed by atoms with Crippen molar-refractivity contribution in [1.82, 2.24) is 10.2 Å². The molecule has 2 rings (SSSR count). The summed E-state index contributed by atoms with van der Waals surface area (Å²) < 4.78 is 0. The standard InChI is InChI=1S/C22H24Cl4N2O2/c1-13(21(30)27-22(2,3)4)28(12-15-6-7-16(23)11-18(15)25)20(29)10-14-5-8-17(24)19(26)9-14/h5-9,11,13H,10,12H2,1-4H3,(H,27,30). The molecule has 0 saturated heterocycles. The van der Waals surface area contributed by atoms with Gasteiger partial charge in [0.05, 0.1) is 16.5 Å². The van der Waals surface area contributed by atoms with Gasteiger partial charge in [0.15, 0.2) is 0 Å². The van der Waals surface area contributed by atoms with Crippen molar-refractivity contribution in [1.29, 1.82) is 0 Å². The number of nitrogens with one attached hydrogen (secondary N) is 1. The average Bonchev–Trinajstić information content (AvgIpc) is 2.62. The van der Waals surface area contributed by atoms with Crippen LogP contribution in [0.25, 0.3) is 0 Å². The third kappa shape index (κ3) is 7.05. The molecule has 8 heteroatoms. The smallest absolute Gasteiger partial charge is 0.242 e. The highest BCUT2D eigenvalue weighted by Gasteiger charge is 2.29. The summed E-state index contributed by atoms with van der Waals surface area (Å²) in [7, 11) is 0. The quantitative estimate of drug-likeness (QED) is 0.527. The van der Waals surface area contributed by atoms with E-state index in [-0.39, 0.29) is 24.8 Å². The first-order valence-corrected chi connectivity index (χ1v) is 10.9. The van der Waals surface area contributed by atoms with Crippen LogP contribution in [0.3, 0.4) is 0 Å². The zero-order valence-corrected chi connectivity index (χ0v) is 20.3. The minimum atomic E-state index is -0.716. The molecule has 0 radical (unpaired) electrons. The van der Waals surface area contributed by atoms with Crippen LogP contribution in [-0.4, -0.2) is 28.3 Å². The summed E-state index contributed by atoms with van der Waals surface area (Å²) in [5.74, 6) is -0.494. The fourth-order valence-electron chi connectivity index (χ4n) is 2.82. The lowest BCUT2D eigenvalue weighted by atomic mass is 10.1. The SMILES string of the molecule is CC(C(=O)NC(C)(C)C)N(Cc1ccc(Cl)cc1Cl)C(=O)Cc1ccc(Cl)c(Cl)c1.